The molecule has 1 aliphatic heterocycles. The highest BCUT2D eigenvalue weighted by Crippen LogP contribution is 2.23. The van der Waals surface area contributed by atoms with Gasteiger partial charge in [0.1, 0.15) is 6.10 Å². The zero-order valence-electron chi connectivity index (χ0n) is 10.3. The van der Waals surface area contributed by atoms with Crippen molar-refractivity contribution in [2.75, 3.05) is 32.0 Å². The first-order valence-corrected chi connectivity index (χ1v) is 6.24. The summed E-state index contributed by atoms with van der Waals surface area (Å²) in [6, 6.07) is 4.49. The summed E-state index contributed by atoms with van der Waals surface area (Å²) in [5, 5.41) is 8.85. The molecule has 1 heterocycles. The number of piperidine rings is 1. The van der Waals surface area contributed by atoms with Gasteiger partial charge in [0.15, 0.2) is 11.6 Å². The van der Waals surface area contributed by atoms with Gasteiger partial charge in [-0.3, -0.25) is 0 Å². The number of nitrogens with zero attached hydrogens (tertiary/aromatic N) is 1. The van der Waals surface area contributed by atoms with Crippen molar-refractivity contribution >= 4 is 5.69 Å². The Hall–Kier alpha value is -1.33. The molecule has 0 bridgehead atoms. The third kappa shape index (κ3) is 3.34. The van der Waals surface area contributed by atoms with Crippen LogP contribution in [0.5, 0.6) is 5.75 Å². The molecule has 0 radical (unpaired) electrons. The smallest absolute Gasteiger partial charge is 0.167 e. The Balaban J connectivity index is 1.87. The Bertz CT molecular complexity index is 393. The molecule has 0 atom stereocenters. The molecule has 1 aromatic rings. The molecule has 1 fully saturated rings. The van der Waals surface area contributed by atoms with Gasteiger partial charge in [0.05, 0.1) is 6.61 Å². The van der Waals surface area contributed by atoms with E-state index in [1.54, 1.807) is 12.1 Å². The van der Waals surface area contributed by atoms with Gasteiger partial charge in [0, 0.05) is 31.4 Å². The SMILES string of the molecule is Nc1ccc(OC2CCN(CCO)CC2)c(F)c1. The topological polar surface area (TPSA) is 58.7 Å². The predicted octanol–water partition coefficient (Wildman–Crippen LogP) is 1.24. The maximum Gasteiger partial charge on any atom is 0.167 e. The first-order chi connectivity index (χ1) is 8.69. The molecule has 0 unspecified atom stereocenters. The Morgan fingerprint density at radius 1 is 1.39 bits per heavy atom. The van der Waals surface area contributed by atoms with Crippen LogP contribution in [0.1, 0.15) is 12.8 Å². The van der Waals surface area contributed by atoms with Gasteiger partial charge in [-0.15, -0.1) is 0 Å². The number of ether oxygens (including phenoxy) is 1. The maximum atomic E-state index is 13.6. The van der Waals surface area contributed by atoms with Gasteiger partial charge >= 0.3 is 0 Å². The molecule has 2 rings (SSSR count). The molecule has 1 aliphatic rings. The van der Waals surface area contributed by atoms with Crippen molar-refractivity contribution in [3.8, 4) is 5.75 Å². The van der Waals surface area contributed by atoms with Crippen LogP contribution in [0.25, 0.3) is 0 Å². The molecule has 0 spiro atoms. The van der Waals surface area contributed by atoms with Crippen LogP contribution in [0.3, 0.4) is 0 Å². The molecule has 0 amide bonds. The quantitative estimate of drug-likeness (QED) is 0.794. The number of aliphatic hydroxyl groups is 1. The van der Waals surface area contributed by atoms with E-state index in [1.165, 1.54) is 6.07 Å². The summed E-state index contributed by atoms with van der Waals surface area (Å²) in [6.07, 6.45) is 1.74. The minimum absolute atomic E-state index is 0.0399. The van der Waals surface area contributed by atoms with E-state index in [9.17, 15) is 4.39 Å². The summed E-state index contributed by atoms with van der Waals surface area (Å²) in [4.78, 5) is 2.18. The van der Waals surface area contributed by atoms with Gasteiger partial charge in [0.2, 0.25) is 0 Å². The number of anilines is 1. The van der Waals surface area contributed by atoms with E-state index >= 15 is 0 Å². The van der Waals surface area contributed by atoms with E-state index < -0.39 is 5.82 Å². The lowest BCUT2D eigenvalue weighted by molar-refractivity contribution is 0.0862. The van der Waals surface area contributed by atoms with Crippen LogP contribution in [0, 0.1) is 5.82 Å². The summed E-state index contributed by atoms with van der Waals surface area (Å²) >= 11 is 0. The van der Waals surface area contributed by atoms with Crippen LogP contribution in [0.4, 0.5) is 10.1 Å². The number of nitrogen functional groups attached to an aromatic ring is 1. The molecular weight excluding hydrogens is 235 g/mol. The molecule has 1 saturated heterocycles. The highest BCUT2D eigenvalue weighted by Gasteiger charge is 2.21. The molecule has 3 N–H and O–H groups in total. The van der Waals surface area contributed by atoms with Crippen LogP contribution in [0.15, 0.2) is 18.2 Å². The second-order valence-electron chi connectivity index (χ2n) is 4.57. The number of rotatable bonds is 4. The van der Waals surface area contributed by atoms with Crippen molar-refractivity contribution in [3.05, 3.63) is 24.0 Å². The van der Waals surface area contributed by atoms with Gasteiger partial charge in [0.25, 0.3) is 0 Å². The van der Waals surface area contributed by atoms with E-state index in [4.69, 9.17) is 15.6 Å². The molecular formula is C13H19FN2O2. The lowest BCUT2D eigenvalue weighted by atomic mass is 10.1. The van der Waals surface area contributed by atoms with Crippen LogP contribution >= 0.6 is 0 Å². The van der Waals surface area contributed by atoms with Crippen molar-refractivity contribution in [1.82, 2.24) is 4.90 Å². The number of halogens is 1. The van der Waals surface area contributed by atoms with Crippen LogP contribution in [-0.2, 0) is 0 Å². The van der Waals surface area contributed by atoms with E-state index in [2.05, 4.69) is 4.90 Å². The molecule has 0 saturated carbocycles. The van der Waals surface area contributed by atoms with Crippen molar-refractivity contribution in [2.24, 2.45) is 0 Å². The minimum atomic E-state index is -0.409. The van der Waals surface area contributed by atoms with E-state index in [-0.39, 0.29) is 18.5 Å². The fraction of sp³-hybridized carbons (Fsp3) is 0.538. The average Bonchev–Trinajstić information content (AvgIpc) is 2.35. The molecule has 4 nitrogen and oxygen atoms in total. The number of aliphatic hydroxyl groups excluding tert-OH is 1. The Morgan fingerprint density at radius 3 is 2.72 bits per heavy atom. The third-order valence-electron chi connectivity index (χ3n) is 3.20. The fourth-order valence-electron chi connectivity index (χ4n) is 2.18. The van der Waals surface area contributed by atoms with Crippen LogP contribution < -0.4 is 10.5 Å². The van der Waals surface area contributed by atoms with Gasteiger partial charge in [-0.25, -0.2) is 4.39 Å². The normalized spacial score (nSPS) is 17.9. The number of benzene rings is 1. The molecule has 18 heavy (non-hydrogen) atoms. The van der Waals surface area contributed by atoms with Gasteiger partial charge < -0.3 is 20.5 Å². The zero-order chi connectivity index (χ0) is 13.0. The van der Waals surface area contributed by atoms with Gasteiger partial charge in [-0.05, 0) is 25.0 Å². The van der Waals surface area contributed by atoms with Crippen molar-refractivity contribution < 1.29 is 14.2 Å². The molecule has 0 aromatic heterocycles. The highest BCUT2D eigenvalue weighted by atomic mass is 19.1. The molecule has 5 heteroatoms. The van der Waals surface area contributed by atoms with E-state index in [0.29, 0.717) is 12.2 Å². The standard InChI is InChI=1S/C13H19FN2O2/c14-12-9-10(15)1-2-13(12)18-11-3-5-16(6-4-11)7-8-17/h1-2,9,11,17H,3-8,15H2. The third-order valence-corrected chi connectivity index (χ3v) is 3.20. The summed E-state index contributed by atoms with van der Waals surface area (Å²) in [5.41, 5.74) is 5.89. The highest BCUT2D eigenvalue weighted by molar-refractivity contribution is 5.42. The number of hydrogen-bond acceptors (Lipinski definition) is 4. The average molecular weight is 254 g/mol. The first kappa shape index (κ1) is 13.1. The summed E-state index contributed by atoms with van der Waals surface area (Å²) in [7, 11) is 0. The number of likely N-dealkylation sites (tertiary alicyclic amines) is 1. The van der Waals surface area contributed by atoms with Crippen molar-refractivity contribution in [1.29, 1.82) is 0 Å². The maximum absolute atomic E-state index is 13.6. The minimum Gasteiger partial charge on any atom is -0.487 e. The predicted molar refractivity (Wildman–Crippen MR) is 68.0 cm³/mol. The lowest BCUT2D eigenvalue weighted by Gasteiger charge is -2.31. The van der Waals surface area contributed by atoms with Crippen LogP contribution in [0.2, 0.25) is 0 Å². The lowest BCUT2D eigenvalue weighted by Crippen LogP contribution is -2.39. The van der Waals surface area contributed by atoms with Crippen molar-refractivity contribution in [2.45, 2.75) is 18.9 Å². The molecule has 0 aliphatic carbocycles. The fourth-order valence-corrected chi connectivity index (χ4v) is 2.18. The monoisotopic (exact) mass is 254 g/mol. The van der Waals surface area contributed by atoms with Gasteiger partial charge in [-0.1, -0.05) is 0 Å². The molecule has 100 valence electrons. The van der Waals surface area contributed by atoms with Crippen molar-refractivity contribution in [3.63, 3.8) is 0 Å². The number of hydrogen-bond donors (Lipinski definition) is 2. The Labute approximate surface area is 106 Å². The molecule has 1 aromatic carbocycles. The van der Waals surface area contributed by atoms with Gasteiger partial charge in [-0.2, -0.15) is 0 Å². The summed E-state index contributed by atoms with van der Waals surface area (Å²) in [5.74, 6) is -0.141. The number of β-amino-alcohol motifs (C(OH)–C–C–N with tert-alkyl or cyclic N) is 1. The van der Waals surface area contributed by atoms with Crippen LogP contribution in [-0.4, -0.2) is 42.4 Å². The summed E-state index contributed by atoms with van der Waals surface area (Å²) < 4.78 is 19.2. The summed E-state index contributed by atoms with van der Waals surface area (Å²) in [6.45, 7) is 2.63. The number of nitrogens with two attached hydrogens (primary N) is 1. The second kappa shape index (κ2) is 6.02. The first-order valence-electron chi connectivity index (χ1n) is 6.24. The Morgan fingerprint density at radius 2 is 2.11 bits per heavy atom. The second-order valence-corrected chi connectivity index (χ2v) is 4.57. The van der Waals surface area contributed by atoms with E-state index in [0.717, 1.165) is 25.9 Å². The van der Waals surface area contributed by atoms with E-state index in [1.807, 2.05) is 0 Å². The zero-order valence-corrected chi connectivity index (χ0v) is 10.3. The Kier molecular flexibility index (Phi) is 4.38. The largest absolute Gasteiger partial charge is 0.487 e.